The highest BCUT2D eigenvalue weighted by Gasteiger charge is 2.05. The zero-order valence-corrected chi connectivity index (χ0v) is 9.78. The van der Waals surface area contributed by atoms with Crippen LogP contribution in [0.4, 0.5) is 5.69 Å². The van der Waals surface area contributed by atoms with Crippen LogP contribution < -0.4 is 15.4 Å². The average molecular weight is 233 g/mol. The molecule has 0 spiro atoms. The molecule has 0 heterocycles. The molecule has 0 aliphatic rings. The number of methoxy groups -OCH3 is 1. The van der Waals surface area contributed by atoms with Crippen molar-refractivity contribution < 1.29 is 9.53 Å². The summed E-state index contributed by atoms with van der Waals surface area (Å²) in [5.74, 6) is 0.570. The quantitative estimate of drug-likeness (QED) is 0.514. The van der Waals surface area contributed by atoms with Crippen LogP contribution >= 0.6 is 0 Å². The molecule has 0 atom stereocenters. The summed E-state index contributed by atoms with van der Waals surface area (Å²) in [6, 6.07) is 5.37. The van der Waals surface area contributed by atoms with Gasteiger partial charge in [-0.05, 0) is 18.2 Å². The number of hydrogen-bond acceptors (Lipinski definition) is 4. The number of amides is 1. The van der Waals surface area contributed by atoms with E-state index in [4.69, 9.17) is 10.1 Å². The Bertz CT molecular complexity index is 441. The summed E-state index contributed by atoms with van der Waals surface area (Å²) in [5.41, 5.74) is 2.29. The van der Waals surface area contributed by atoms with Crippen LogP contribution in [0, 0.1) is 5.41 Å². The molecule has 0 aromatic heterocycles. The van der Waals surface area contributed by atoms with Crippen molar-refractivity contribution in [3.05, 3.63) is 29.8 Å². The van der Waals surface area contributed by atoms with Crippen LogP contribution in [-0.2, 0) is 4.79 Å². The number of ether oxygens (including phenoxy) is 1. The zero-order valence-electron chi connectivity index (χ0n) is 9.78. The molecule has 0 aliphatic carbocycles. The fourth-order valence-corrected chi connectivity index (χ4v) is 1.45. The van der Waals surface area contributed by atoms with Crippen LogP contribution in [0.5, 0.6) is 5.75 Å². The Morgan fingerprint density at radius 3 is 2.76 bits per heavy atom. The van der Waals surface area contributed by atoms with Crippen LogP contribution in [0.3, 0.4) is 0 Å². The first kappa shape index (κ1) is 12.8. The van der Waals surface area contributed by atoms with Crippen molar-refractivity contribution in [1.82, 2.24) is 5.32 Å². The number of allylic oxidation sites excluding steroid dienone is 1. The lowest BCUT2D eigenvalue weighted by molar-refractivity contribution is -0.105. The normalized spacial score (nSPS) is 10.6. The molecule has 0 bridgehead atoms. The van der Waals surface area contributed by atoms with Crippen molar-refractivity contribution in [2.24, 2.45) is 0 Å². The topological polar surface area (TPSA) is 74.2 Å². The first-order chi connectivity index (χ1) is 8.26. The van der Waals surface area contributed by atoms with Crippen molar-refractivity contribution in [1.29, 1.82) is 5.41 Å². The molecule has 5 nitrogen and oxygen atoms in total. The summed E-state index contributed by atoms with van der Waals surface area (Å²) >= 11 is 0. The summed E-state index contributed by atoms with van der Waals surface area (Å²) in [7, 11) is 3.31. The first-order valence-corrected chi connectivity index (χ1v) is 5.04. The molecule has 0 saturated carbocycles. The van der Waals surface area contributed by atoms with E-state index >= 15 is 0 Å². The van der Waals surface area contributed by atoms with Crippen molar-refractivity contribution in [2.75, 3.05) is 19.5 Å². The lowest BCUT2D eigenvalue weighted by Crippen LogP contribution is -2.06. The van der Waals surface area contributed by atoms with Crippen molar-refractivity contribution in [3.8, 4) is 5.75 Å². The van der Waals surface area contributed by atoms with Crippen LogP contribution in [-0.4, -0.2) is 26.8 Å². The van der Waals surface area contributed by atoms with Gasteiger partial charge in [-0.2, -0.15) is 0 Å². The van der Waals surface area contributed by atoms with E-state index in [2.05, 4.69) is 10.6 Å². The van der Waals surface area contributed by atoms with E-state index < -0.39 is 0 Å². The maximum atomic E-state index is 10.4. The van der Waals surface area contributed by atoms with Crippen molar-refractivity contribution in [2.45, 2.75) is 0 Å². The predicted octanol–water partition coefficient (Wildman–Crippen LogP) is 1.47. The van der Waals surface area contributed by atoms with Gasteiger partial charge in [0.05, 0.1) is 12.8 Å². The lowest BCUT2D eigenvalue weighted by Gasteiger charge is -2.11. The van der Waals surface area contributed by atoms with Crippen LogP contribution in [0.25, 0.3) is 5.70 Å². The van der Waals surface area contributed by atoms with E-state index in [1.165, 1.54) is 13.3 Å². The van der Waals surface area contributed by atoms with E-state index in [0.717, 1.165) is 11.3 Å². The van der Waals surface area contributed by atoms with Crippen LogP contribution in [0.1, 0.15) is 5.56 Å². The van der Waals surface area contributed by atoms with Crippen molar-refractivity contribution >= 4 is 24.0 Å². The van der Waals surface area contributed by atoms with Crippen LogP contribution in [0.15, 0.2) is 24.3 Å². The van der Waals surface area contributed by atoms with Gasteiger partial charge in [0.2, 0.25) is 6.41 Å². The summed E-state index contributed by atoms with van der Waals surface area (Å²) in [4.78, 5) is 10.4. The highest BCUT2D eigenvalue weighted by Crippen LogP contribution is 2.27. The van der Waals surface area contributed by atoms with E-state index in [1.807, 2.05) is 6.07 Å². The molecule has 90 valence electrons. The molecule has 1 aromatic carbocycles. The minimum atomic E-state index is 0.570. The van der Waals surface area contributed by atoms with Crippen LogP contribution in [0.2, 0.25) is 0 Å². The molecule has 5 heteroatoms. The first-order valence-electron chi connectivity index (χ1n) is 5.04. The number of hydrogen-bond donors (Lipinski definition) is 3. The molecular formula is C12H15N3O2. The second-order valence-electron chi connectivity index (χ2n) is 3.17. The number of anilines is 1. The number of rotatable bonds is 6. The molecular weight excluding hydrogens is 218 g/mol. The van der Waals surface area contributed by atoms with Gasteiger partial charge in [-0.1, -0.05) is 6.07 Å². The summed E-state index contributed by atoms with van der Waals surface area (Å²) < 4.78 is 5.18. The Morgan fingerprint density at radius 2 is 2.24 bits per heavy atom. The van der Waals surface area contributed by atoms with Gasteiger partial charge >= 0.3 is 0 Å². The largest absolute Gasteiger partial charge is 0.495 e. The average Bonchev–Trinajstić information content (AvgIpc) is 2.37. The van der Waals surface area contributed by atoms with Gasteiger partial charge in [0.15, 0.2) is 0 Å². The maximum Gasteiger partial charge on any atom is 0.211 e. The zero-order chi connectivity index (χ0) is 12.7. The molecule has 0 fully saturated rings. The number of nitrogens with one attached hydrogen (secondary N) is 3. The Balaban J connectivity index is 3.15. The smallest absolute Gasteiger partial charge is 0.211 e. The Hall–Kier alpha value is -2.30. The van der Waals surface area contributed by atoms with Gasteiger partial charge in [-0.25, -0.2) is 0 Å². The monoisotopic (exact) mass is 233 g/mol. The lowest BCUT2D eigenvalue weighted by atomic mass is 10.1. The fraction of sp³-hybridized carbons (Fsp3) is 0.167. The molecule has 1 aromatic rings. The number of benzene rings is 1. The SMILES string of the molecule is CN/C(=C\C=N)c1ccc(NC=O)c(OC)c1. The molecule has 1 amide bonds. The Labute approximate surface area is 100.0 Å². The van der Waals surface area contributed by atoms with Gasteiger partial charge in [-0.15, -0.1) is 0 Å². The number of carbonyl (C=O) groups excluding carboxylic acids is 1. The van der Waals surface area contributed by atoms with Gasteiger partial charge in [0.1, 0.15) is 5.75 Å². The van der Waals surface area contributed by atoms with E-state index in [-0.39, 0.29) is 0 Å². The van der Waals surface area contributed by atoms with Gasteiger partial charge < -0.3 is 20.8 Å². The predicted molar refractivity (Wildman–Crippen MR) is 68.5 cm³/mol. The van der Waals surface area contributed by atoms with Gasteiger partial charge in [-0.3, -0.25) is 4.79 Å². The maximum absolute atomic E-state index is 10.4. The third-order valence-electron chi connectivity index (χ3n) is 2.25. The fourth-order valence-electron chi connectivity index (χ4n) is 1.45. The minimum absolute atomic E-state index is 0.570. The third kappa shape index (κ3) is 3.07. The third-order valence-corrected chi connectivity index (χ3v) is 2.25. The second-order valence-corrected chi connectivity index (χ2v) is 3.17. The van der Waals surface area contributed by atoms with E-state index in [9.17, 15) is 4.79 Å². The molecule has 0 aliphatic heterocycles. The highest BCUT2D eigenvalue weighted by atomic mass is 16.5. The standard InChI is InChI=1S/C12H15N3O2/c1-14-10(5-6-13)9-3-4-11(15-8-16)12(7-9)17-2/h3-8,13-14H,1-2H3,(H,15,16)/b10-5-,13-6?. The molecule has 3 N–H and O–H groups in total. The molecule has 0 radical (unpaired) electrons. The van der Waals surface area contributed by atoms with Gasteiger partial charge in [0, 0.05) is 24.5 Å². The second kappa shape index (κ2) is 6.32. The summed E-state index contributed by atoms with van der Waals surface area (Å²) in [6.45, 7) is 0. The number of carbonyl (C=O) groups is 1. The molecule has 0 saturated heterocycles. The van der Waals surface area contributed by atoms with Gasteiger partial charge in [0.25, 0.3) is 0 Å². The highest BCUT2D eigenvalue weighted by molar-refractivity contribution is 5.84. The van der Waals surface area contributed by atoms with Crippen molar-refractivity contribution in [3.63, 3.8) is 0 Å². The molecule has 17 heavy (non-hydrogen) atoms. The summed E-state index contributed by atoms with van der Waals surface area (Å²) in [5, 5.41) is 12.6. The Morgan fingerprint density at radius 1 is 1.47 bits per heavy atom. The molecule has 1 rings (SSSR count). The molecule has 0 unspecified atom stereocenters. The Kier molecular flexibility index (Phi) is 4.75. The van der Waals surface area contributed by atoms with E-state index in [1.54, 1.807) is 25.3 Å². The minimum Gasteiger partial charge on any atom is -0.495 e. The van der Waals surface area contributed by atoms with E-state index in [0.29, 0.717) is 17.8 Å². The summed E-state index contributed by atoms with van der Waals surface area (Å²) in [6.07, 6.45) is 3.45.